The summed E-state index contributed by atoms with van der Waals surface area (Å²) in [6, 6.07) is 5.25. The van der Waals surface area contributed by atoms with Crippen LogP contribution in [0.4, 0.5) is 4.79 Å². The quantitative estimate of drug-likeness (QED) is 0.615. The maximum absolute atomic E-state index is 12.3. The molecule has 7 heteroatoms. The van der Waals surface area contributed by atoms with Crippen LogP contribution in [0.25, 0.3) is 0 Å². The zero-order chi connectivity index (χ0) is 23.0. The van der Waals surface area contributed by atoms with Crippen LogP contribution in [0, 0.1) is 11.3 Å². The molecule has 0 aromatic heterocycles. The maximum atomic E-state index is 12.3. The maximum Gasteiger partial charge on any atom is 0.410 e. The van der Waals surface area contributed by atoms with Crippen molar-refractivity contribution in [2.75, 3.05) is 27.2 Å². The van der Waals surface area contributed by atoms with Crippen LogP contribution in [0.3, 0.4) is 0 Å². The van der Waals surface area contributed by atoms with Crippen LogP contribution < -0.4 is 4.74 Å². The van der Waals surface area contributed by atoms with Crippen molar-refractivity contribution < 1.29 is 19.1 Å². The first-order valence-electron chi connectivity index (χ1n) is 11.1. The average Bonchev–Trinajstić information content (AvgIpc) is 3.30. The lowest BCUT2D eigenvalue weighted by atomic mass is 9.89. The summed E-state index contributed by atoms with van der Waals surface area (Å²) in [6.07, 6.45) is 4.07. The van der Waals surface area contributed by atoms with Gasteiger partial charge in [0.1, 0.15) is 11.4 Å². The minimum Gasteiger partial charge on any atom is -0.491 e. The Hall–Kier alpha value is -1.95. The molecule has 1 saturated heterocycles. The molecule has 3 rings (SSSR count). The molecule has 1 heterocycles. The predicted molar refractivity (Wildman–Crippen MR) is 122 cm³/mol. The van der Waals surface area contributed by atoms with E-state index in [0.29, 0.717) is 27.7 Å². The normalized spacial score (nSPS) is 20.9. The molecule has 1 aliphatic carbocycles. The number of carbonyl (C=O) groups excluding carboxylic acids is 2. The first-order chi connectivity index (χ1) is 14.4. The van der Waals surface area contributed by atoms with E-state index in [0.717, 1.165) is 32.4 Å². The minimum absolute atomic E-state index is 0.0553. The highest BCUT2D eigenvalue weighted by Crippen LogP contribution is 2.61. The summed E-state index contributed by atoms with van der Waals surface area (Å²) in [6.45, 7) is 9.30. The Morgan fingerprint density at radius 3 is 2.45 bits per heavy atom. The van der Waals surface area contributed by atoms with E-state index in [4.69, 9.17) is 21.1 Å². The van der Waals surface area contributed by atoms with Gasteiger partial charge in [-0.2, -0.15) is 0 Å². The number of ether oxygens (including phenoxy) is 2. The smallest absolute Gasteiger partial charge is 0.410 e. The second-order valence-electron chi connectivity index (χ2n) is 10.2. The molecule has 1 spiro atoms. The number of nitrogens with zero attached hydrogens (tertiary/aromatic N) is 2. The molecule has 2 unspecified atom stereocenters. The van der Waals surface area contributed by atoms with Gasteiger partial charge in [-0.1, -0.05) is 11.6 Å². The van der Waals surface area contributed by atoms with Crippen molar-refractivity contribution in [3.63, 3.8) is 0 Å². The van der Waals surface area contributed by atoms with E-state index in [-0.39, 0.29) is 18.1 Å². The van der Waals surface area contributed by atoms with E-state index in [1.807, 2.05) is 25.7 Å². The van der Waals surface area contributed by atoms with Crippen molar-refractivity contribution in [3.05, 3.63) is 28.8 Å². The third kappa shape index (κ3) is 5.85. The summed E-state index contributed by atoms with van der Waals surface area (Å²) in [7, 11) is 3.41. The van der Waals surface area contributed by atoms with E-state index in [2.05, 4.69) is 6.92 Å². The van der Waals surface area contributed by atoms with Crippen LogP contribution >= 0.6 is 11.6 Å². The van der Waals surface area contributed by atoms with Crippen molar-refractivity contribution in [1.29, 1.82) is 0 Å². The molecular formula is C24H35ClN2O4. The third-order valence-electron chi connectivity index (χ3n) is 6.30. The van der Waals surface area contributed by atoms with E-state index >= 15 is 0 Å². The molecule has 2 aliphatic rings. The first kappa shape index (κ1) is 23.7. The lowest BCUT2D eigenvalue weighted by Gasteiger charge is -2.34. The van der Waals surface area contributed by atoms with E-state index in [9.17, 15) is 9.59 Å². The lowest BCUT2D eigenvalue weighted by Crippen LogP contribution is -2.42. The summed E-state index contributed by atoms with van der Waals surface area (Å²) in [5, 5.41) is 0.404. The van der Waals surface area contributed by atoms with Gasteiger partial charge in [0.15, 0.2) is 0 Å². The van der Waals surface area contributed by atoms with Crippen molar-refractivity contribution in [3.8, 4) is 5.75 Å². The van der Waals surface area contributed by atoms with Gasteiger partial charge in [-0.05, 0) is 82.9 Å². The fraction of sp³-hybridized carbons (Fsp3) is 0.667. The zero-order valence-electron chi connectivity index (χ0n) is 19.5. The fourth-order valence-corrected chi connectivity index (χ4v) is 4.75. The Morgan fingerprint density at radius 2 is 1.90 bits per heavy atom. The van der Waals surface area contributed by atoms with Gasteiger partial charge in [-0.25, -0.2) is 4.79 Å². The van der Waals surface area contributed by atoms with Gasteiger partial charge in [-0.3, -0.25) is 4.79 Å². The third-order valence-corrected chi connectivity index (χ3v) is 6.61. The number of rotatable bonds is 5. The van der Waals surface area contributed by atoms with Gasteiger partial charge in [-0.15, -0.1) is 0 Å². The second-order valence-corrected chi connectivity index (χ2v) is 10.6. The summed E-state index contributed by atoms with van der Waals surface area (Å²) in [5.41, 5.74) is 0.363. The molecule has 1 aromatic rings. The SMILES string of the molecule is CC(CC1CC12CCN(C(=O)OC(C)(C)C)CC2)Oc1ccc(C(=O)N(C)C)c(Cl)c1. The number of piperidine rings is 1. The van der Waals surface area contributed by atoms with Gasteiger partial charge < -0.3 is 19.3 Å². The van der Waals surface area contributed by atoms with Crippen LogP contribution in [-0.4, -0.2) is 60.7 Å². The van der Waals surface area contributed by atoms with Crippen molar-refractivity contribution in [2.24, 2.45) is 11.3 Å². The van der Waals surface area contributed by atoms with Crippen molar-refractivity contribution >= 4 is 23.6 Å². The number of hydrogen-bond acceptors (Lipinski definition) is 4. The largest absolute Gasteiger partial charge is 0.491 e. The van der Waals surface area contributed by atoms with E-state index in [1.54, 1.807) is 32.3 Å². The highest BCUT2D eigenvalue weighted by atomic mass is 35.5. The molecule has 1 aromatic carbocycles. The molecule has 6 nitrogen and oxygen atoms in total. The molecule has 0 radical (unpaired) electrons. The summed E-state index contributed by atoms with van der Waals surface area (Å²) < 4.78 is 11.6. The highest BCUT2D eigenvalue weighted by molar-refractivity contribution is 6.34. The Morgan fingerprint density at radius 1 is 1.26 bits per heavy atom. The molecule has 1 saturated carbocycles. The number of carbonyl (C=O) groups is 2. The van der Waals surface area contributed by atoms with Crippen molar-refractivity contribution in [1.82, 2.24) is 9.80 Å². The standard InChI is InChI=1S/C24H35ClN2O4/c1-16(30-18-7-8-19(20(25)14-18)21(28)26(5)6)13-17-15-24(17)9-11-27(12-10-24)22(29)31-23(2,3)4/h7-8,14,16-17H,9-13,15H2,1-6H3. The van der Waals surface area contributed by atoms with Crippen molar-refractivity contribution in [2.45, 2.75) is 65.1 Å². The monoisotopic (exact) mass is 450 g/mol. The number of likely N-dealkylation sites (tertiary alicyclic amines) is 1. The minimum atomic E-state index is -0.456. The first-order valence-corrected chi connectivity index (χ1v) is 11.4. The van der Waals surface area contributed by atoms with E-state index in [1.165, 1.54) is 11.3 Å². The summed E-state index contributed by atoms with van der Waals surface area (Å²) in [4.78, 5) is 27.8. The Balaban J connectivity index is 1.48. The van der Waals surface area contributed by atoms with Gasteiger partial charge in [0.2, 0.25) is 0 Å². The average molecular weight is 451 g/mol. The summed E-state index contributed by atoms with van der Waals surface area (Å²) in [5.74, 6) is 1.18. The molecule has 31 heavy (non-hydrogen) atoms. The molecule has 0 bridgehead atoms. The number of benzene rings is 1. The molecule has 2 amide bonds. The molecule has 2 atom stereocenters. The number of halogens is 1. The highest BCUT2D eigenvalue weighted by Gasteiger charge is 2.55. The number of amides is 2. The van der Waals surface area contributed by atoms with Gasteiger partial charge in [0.05, 0.1) is 16.7 Å². The molecule has 1 aliphatic heterocycles. The number of hydrogen-bond donors (Lipinski definition) is 0. The van der Waals surface area contributed by atoms with Gasteiger partial charge in [0.25, 0.3) is 5.91 Å². The lowest BCUT2D eigenvalue weighted by molar-refractivity contribution is 0.0161. The molecular weight excluding hydrogens is 416 g/mol. The van der Waals surface area contributed by atoms with Crippen LogP contribution in [0.1, 0.15) is 63.7 Å². The second kappa shape index (κ2) is 8.89. The Labute approximate surface area is 190 Å². The van der Waals surface area contributed by atoms with Crippen LogP contribution in [0.15, 0.2) is 18.2 Å². The molecule has 2 fully saturated rings. The van der Waals surface area contributed by atoms with Gasteiger partial charge >= 0.3 is 6.09 Å². The zero-order valence-corrected chi connectivity index (χ0v) is 20.3. The Kier molecular flexibility index (Phi) is 6.80. The van der Waals surface area contributed by atoms with Gasteiger partial charge in [0, 0.05) is 27.2 Å². The van der Waals surface area contributed by atoms with Crippen LogP contribution in [-0.2, 0) is 4.74 Å². The Bertz CT molecular complexity index is 825. The molecule has 172 valence electrons. The predicted octanol–water partition coefficient (Wildman–Crippen LogP) is 5.24. The van der Waals surface area contributed by atoms with Crippen LogP contribution in [0.5, 0.6) is 5.75 Å². The summed E-state index contributed by atoms with van der Waals surface area (Å²) >= 11 is 6.30. The molecule has 0 N–H and O–H groups in total. The topological polar surface area (TPSA) is 59.1 Å². The van der Waals surface area contributed by atoms with E-state index < -0.39 is 5.60 Å². The fourth-order valence-electron chi connectivity index (χ4n) is 4.50. The van der Waals surface area contributed by atoms with Crippen LogP contribution in [0.2, 0.25) is 5.02 Å².